The lowest BCUT2D eigenvalue weighted by atomic mass is 10.1. The van der Waals surface area contributed by atoms with Crippen LogP contribution in [0.1, 0.15) is 30.9 Å². The van der Waals surface area contributed by atoms with Gasteiger partial charge in [-0.2, -0.15) is 0 Å². The molecule has 0 amide bonds. The molecule has 2 rings (SSSR count). The average molecular weight is 263 g/mol. The van der Waals surface area contributed by atoms with Crippen molar-refractivity contribution in [3.8, 4) is 5.75 Å². The van der Waals surface area contributed by atoms with E-state index >= 15 is 0 Å². The number of esters is 1. The van der Waals surface area contributed by atoms with E-state index in [1.807, 2.05) is 12.1 Å². The van der Waals surface area contributed by atoms with Gasteiger partial charge in [-0.15, -0.1) is 0 Å². The van der Waals surface area contributed by atoms with Crippen LogP contribution in [-0.2, 0) is 16.1 Å². The maximum Gasteiger partial charge on any atom is 0.344 e. The van der Waals surface area contributed by atoms with Crippen LogP contribution in [0.5, 0.6) is 5.75 Å². The van der Waals surface area contributed by atoms with E-state index in [-0.39, 0.29) is 12.6 Å². The van der Waals surface area contributed by atoms with Crippen LogP contribution in [0.3, 0.4) is 0 Å². The Morgan fingerprint density at radius 2 is 2.21 bits per heavy atom. The summed E-state index contributed by atoms with van der Waals surface area (Å²) in [7, 11) is 0. The minimum Gasteiger partial charge on any atom is -0.482 e. The Kier molecular flexibility index (Phi) is 4.80. The summed E-state index contributed by atoms with van der Waals surface area (Å²) in [6, 6.07) is 6.65. The Bertz CT molecular complexity index is 441. The molecule has 0 heterocycles. The van der Waals surface area contributed by atoms with Crippen LogP contribution >= 0.6 is 0 Å². The van der Waals surface area contributed by atoms with Gasteiger partial charge in [0.2, 0.25) is 0 Å². The number of rotatable bonds is 7. The normalized spacial score (nSPS) is 14.2. The van der Waals surface area contributed by atoms with Crippen LogP contribution < -0.4 is 10.1 Å². The molecule has 1 aliphatic carbocycles. The highest BCUT2D eigenvalue weighted by Gasteiger charge is 2.20. The Hall–Kier alpha value is -1.55. The van der Waals surface area contributed by atoms with Crippen LogP contribution in [0.15, 0.2) is 18.2 Å². The van der Waals surface area contributed by atoms with Crippen molar-refractivity contribution >= 4 is 5.97 Å². The number of hydrogen-bond donors (Lipinski definition) is 1. The molecule has 0 bridgehead atoms. The second-order valence-corrected chi connectivity index (χ2v) is 4.86. The van der Waals surface area contributed by atoms with Crippen LogP contribution in [0.25, 0.3) is 0 Å². The molecule has 0 atom stereocenters. The smallest absolute Gasteiger partial charge is 0.344 e. The first-order chi connectivity index (χ1) is 9.19. The van der Waals surface area contributed by atoms with E-state index < -0.39 is 0 Å². The van der Waals surface area contributed by atoms with Crippen molar-refractivity contribution in [3.05, 3.63) is 29.3 Å². The van der Waals surface area contributed by atoms with Gasteiger partial charge in [-0.25, -0.2) is 4.79 Å². The van der Waals surface area contributed by atoms with Crippen LogP contribution in [-0.4, -0.2) is 25.2 Å². The third-order valence-electron chi connectivity index (χ3n) is 3.03. The monoisotopic (exact) mass is 263 g/mol. The molecule has 0 unspecified atom stereocenters. The van der Waals surface area contributed by atoms with Gasteiger partial charge in [0, 0.05) is 18.2 Å². The summed E-state index contributed by atoms with van der Waals surface area (Å²) in [5, 5.41) is 3.46. The number of aryl methyl sites for hydroxylation is 1. The Morgan fingerprint density at radius 1 is 1.42 bits per heavy atom. The first kappa shape index (κ1) is 13.9. The van der Waals surface area contributed by atoms with Crippen molar-refractivity contribution < 1.29 is 14.3 Å². The number of nitrogens with one attached hydrogen (secondary N) is 1. The molecule has 0 spiro atoms. The molecule has 4 nitrogen and oxygen atoms in total. The quantitative estimate of drug-likeness (QED) is 0.766. The van der Waals surface area contributed by atoms with Gasteiger partial charge in [0.25, 0.3) is 0 Å². The van der Waals surface area contributed by atoms with Crippen molar-refractivity contribution in [2.75, 3.05) is 13.2 Å². The maximum absolute atomic E-state index is 11.3. The van der Waals surface area contributed by atoms with Crippen LogP contribution in [0.4, 0.5) is 0 Å². The Morgan fingerprint density at radius 3 is 2.89 bits per heavy atom. The Balaban J connectivity index is 1.94. The number of carbonyl (C=O) groups is 1. The minimum atomic E-state index is -0.329. The molecule has 1 N–H and O–H groups in total. The number of benzene rings is 1. The van der Waals surface area contributed by atoms with E-state index in [4.69, 9.17) is 9.47 Å². The fourth-order valence-electron chi connectivity index (χ4n) is 1.87. The molecular formula is C15H21NO3. The first-order valence-electron chi connectivity index (χ1n) is 6.80. The van der Waals surface area contributed by atoms with Gasteiger partial charge in [-0.1, -0.05) is 17.7 Å². The van der Waals surface area contributed by atoms with E-state index in [1.54, 1.807) is 6.92 Å². The van der Waals surface area contributed by atoms with Crippen LogP contribution in [0.2, 0.25) is 0 Å². The topological polar surface area (TPSA) is 47.6 Å². The Labute approximate surface area is 114 Å². The zero-order chi connectivity index (χ0) is 13.7. The average Bonchev–Trinajstić information content (AvgIpc) is 3.19. The largest absolute Gasteiger partial charge is 0.482 e. The van der Waals surface area contributed by atoms with E-state index in [0.717, 1.165) is 17.9 Å². The summed E-state index contributed by atoms with van der Waals surface area (Å²) in [6.07, 6.45) is 2.51. The van der Waals surface area contributed by atoms with E-state index in [2.05, 4.69) is 18.3 Å². The number of carbonyl (C=O) groups excluding carboxylic acids is 1. The summed E-state index contributed by atoms with van der Waals surface area (Å²) < 4.78 is 10.4. The van der Waals surface area contributed by atoms with Crippen molar-refractivity contribution in [3.63, 3.8) is 0 Å². The molecule has 1 saturated carbocycles. The minimum absolute atomic E-state index is 0.0344. The molecular weight excluding hydrogens is 242 g/mol. The van der Waals surface area contributed by atoms with Crippen molar-refractivity contribution in [2.24, 2.45) is 0 Å². The van der Waals surface area contributed by atoms with Gasteiger partial charge in [0.15, 0.2) is 6.61 Å². The van der Waals surface area contributed by atoms with Crippen molar-refractivity contribution in [2.45, 2.75) is 39.3 Å². The highest BCUT2D eigenvalue weighted by molar-refractivity contribution is 5.71. The van der Waals surface area contributed by atoms with Gasteiger partial charge in [-0.3, -0.25) is 0 Å². The van der Waals surface area contributed by atoms with Crippen LogP contribution in [0, 0.1) is 6.92 Å². The SMILES string of the molecule is CCOC(=O)COc1ccc(C)cc1CNC1CC1. The van der Waals surface area contributed by atoms with Gasteiger partial charge in [-0.05, 0) is 32.8 Å². The lowest BCUT2D eigenvalue weighted by Gasteiger charge is -2.12. The third kappa shape index (κ3) is 4.56. The van der Waals surface area contributed by atoms with Gasteiger partial charge in [0.1, 0.15) is 5.75 Å². The summed E-state index contributed by atoms with van der Waals surface area (Å²) >= 11 is 0. The van der Waals surface area contributed by atoms with E-state index in [9.17, 15) is 4.79 Å². The second kappa shape index (κ2) is 6.57. The molecule has 104 valence electrons. The molecule has 0 aromatic heterocycles. The zero-order valence-corrected chi connectivity index (χ0v) is 11.6. The fourth-order valence-corrected chi connectivity index (χ4v) is 1.87. The molecule has 19 heavy (non-hydrogen) atoms. The predicted molar refractivity (Wildman–Crippen MR) is 73.2 cm³/mol. The summed E-state index contributed by atoms with van der Waals surface area (Å²) in [4.78, 5) is 11.3. The molecule has 4 heteroatoms. The molecule has 1 fully saturated rings. The lowest BCUT2D eigenvalue weighted by Crippen LogP contribution is -2.18. The molecule has 1 aliphatic rings. The zero-order valence-electron chi connectivity index (χ0n) is 11.6. The predicted octanol–water partition coefficient (Wildman–Crippen LogP) is 2.19. The maximum atomic E-state index is 11.3. The summed E-state index contributed by atoms with van der Waals surface area (Å²) in [5.41, 5.74) is 2.28. The molecule has 1 aromatic rings. The molecule has 0 radical (unpaired) electrons. The molecule has 0 saturated heterocycles. The van der Waals surface area contributed by atoms with Gasteiger partial charge < -0.3 is 14.8 Å². The summed E-state index contributed by atoms with van der Waals surface area (Å²) in [6.45, 7) is 4.97. The van der Waals surface area contributed by atoms with Gasteiger partial charge >= 0.3 is 5.97 Å². The number of ether oxygens (including phenoxy) is 2. The first-order valence-corrected chi connectivity index (χ1v) is 6.80. The summed E-state index contributed by atoms with van der Waals surface area (Å²) in [5.74, 6) is 0.427. The third-order valence-corrected chi connectivity index (χ3v) is 3.03. The second-order valence-electron chi connectivity index (χ2n) is 4.86. The van der Waals surface area contributed by atoms with E-state index in [1.165, 1.54) is 18.4 Å². The molecule has 1 aromatic carbocycles. The standard InChI is InChI=1S/C15H21NO3/c1-3-18-15(17)10-19-14-7-4-11(2)8-12(14)9-16-13-5-6-13/h4,7-8,13,16H,3,5-6,9-10H2,1-2H3. The fraction of sp³-hybridized carbons (Fsp3) is 0.533. The lowest BCUT2D eigenvalue weighted by molar-refractivity contribution is -0.145. The van der Waals surface area contributed by atoms with Crippen molar-refractivity contribution in [1.82, 2.24) is 5.32 Å². The number of hydrogen-bond acceptors (Lipinski definition) is 4. The van der Waals surface area contributed by atoms with Gasteiger partial charge in [0.05, 0.1) is 6.61 Å². The highest BCUT2D eigenvalue weighted by atomic mass is 16.6. The molecule has 0 aliphatic heterocycles. The van der Waals surface area contributed by atoms with Crippen molar-refractivity contribution in [1.29, 1.82) is 0 Å². The van der Waals surface area contributed by atoms with E-state index in [0.29, 0.717) is 12.6 Å². The highest BCUT2D eigenvalue weighted by Crippen LogP contribution is 2.23.